The Kier molecular flexibility index (Phi) is 4.28. The Bertz CT molecular complexity index is 1080. The first kappa shape index (κ1) is 16.2. The molecule has 3 nitrogen and oxygen atoms in total. The fourth-order valence-electron chi connectivity index (χ4n) is 3.05. The summed E-state index contributed by atoms with van der Waals surface area (Å²) in [5.41, 5.74) is 0.766. The van der Waals surface area contributed by atoms with Gasteiger partial charge in [0.2, 0.25) is 0 Å². The van der Waals surface area contributed by atoms with Gasteiger partial charge in [-0.05, 0) is 41.3 Å². The summed E-state index contributed by atoms with van der Waals surface area (Å²) >= 11 is 0. The number of carbonyl (C=O) groups is 1. The molecule has 1 atom stereocenters. The van der Waals surface area contributed by atoms with Crippen LogP contribution in [0.25, 0.3) is 21.5 Å². The summed E-state index contributed by atoms with van der Waals surface area (Å²) in [6, 6.07) is 27.8. The van der Waals surface area contributed by atoms with Crippen molar-refractivity contribution in [2.75, 3.05) is 5.32 Å². The van der Waals surface area contributed by atoms with Crippen LogP contribution in [0.3, 0.4) is 0 Å². The molecule has 0 fully saturated rings. The summed E-state index contributed by atoms with van der Waals surface area (Å²) in [4.78, 5) is 12.6. The van der Waals surface area contributed by atoms with Gasteiger partial charge in [0.25, 0.3) is 5.91 Å². The molecule has 4 rings (SSSR count). The molecule has 0 saturated carbocycles. The molecule has 3 heteroatoms. The summed E-state index contributed by atoms with van der Waals surface area (Å²) in [6.45, 7) is 1.76. The van der Waals surface area contributed by atoms with Gasteiger partial charge in [-0.3, -0.25) is 4.79 Å². The predicted octanol–water partition coefficient (Wildman–Crippen LogP) is 5.40. The molecule has 0 heterocycles. The number of amides is 1. The molecule has 0 bridgehead atoms. The zero-order chi connectivity index (χ0) is 17.9. The van der Waals surface area contributed by atoms with Crippen molar-refractivity contribution < 1.29 is 9.53 Å². The second-order valence-electron chi connectivity index (χ2n) is 6.29. The van der Waals surface area contributed by atoms with Crippen LogP contribution >= 0.6 is 0 Å². The van der Waals surface area contributed by atoms with E-state index in [1.165, 1.54) is 0 Å². The fraction of sp³-hybridized carbons (Fsp3) is 0.0870. The first-order valence-electron chi connectivity index (χ1n) is 8.65. The van der Waals surface area contributed by atoms with E-state index in [2.05, 4.69) is 5.32 Å². The highest BCUT2D eigenvalue weighted by atomic mass is 16.5. The average Bonchev–Trinajstić information content (AvgIpc) is 2.68. The summed E-state index contributed by atoms with van der Waals surface area (Å²) in [5, 5.41) is 7.26. The van der Waals surface area contributed by atoms with E-state index in [1.807, 2.05) is 84.9 Å². The summed E-state index contributed by atoms with van der Waals surface area (Å²) < 4.78 is 5.94. The van der Waals surface area contributed by atoms with Crippen LogP contribution in [-0.4, -0.2) is 12.0 Å². The van der Waals surface area contributed by atoms with Crippen LogP contribution in [0.2, 0.25) is 0 Å². The largest absolute Gasteiger partial charge is 0.480 e. The monoisotopic (exact) mass is 341 g/mol. The van der Waals surface area contributed by atoms with Crippen molar-refractivity contribution in [3.05, 3.63) is 84.9 Å². The van der Waals surface area contributed by atoms with Crippen LogP contribution < -0.4 is 10.1 Å². The Morgan fingerprint density at radius 2 is 1.50 bits per heavy atom. The summed E-state index contributed by atoms with van der Waals surface area (Å²) in [6.07, 6.45) is -0.604. The predicted molar refractivity (Wildman–Crippen MR) is 107 cm³/mol. The summed E-state index contributed by atoms with van der Waals surface area (Å²) in [7, 11) is 0. The number of benzene rings is 4. The molecule has 0 aliphatic carbocycles. The fourth-order valence-corrected chi connectivity index (χ4v) is 3.05. The Labute approximate surface area is 152 Å². The zero-order valence-electron chi connectivity index (χ0n) is 14.5. The molecular weight excluding hydrogens is 322 g/mol. The minimum absolute atomic E-state index is 0.173. The molecule has 4 aromatic rings. The van der Waals surface area contributed by atoms with Crippen LogP contribution in [0.4, 0.5) is 5.69 Å². The lowest BCUT2D eigenvalue weighted by Gasteiger charge is -2.16. The van der Waals surface area contributed by atoms with E-state index < -0.39 is 6.10 Å². The molecule has 0 aromatic heterocycles. The van der Waals surface area contributed by atoms with Gasteiger partial charge in [-0.25, -0.2) is 0 Å². The van der Waals surface area contributed by atoms with Crippen LogP contribution in [0.1, 0.15) is 6.92 Å². The third-order valence-corrected chi connectivity index (χ3v) is 4.44. The quantitative estimate of drug-likeness (QED) is 0.540. The van der Waals surface area contributed by atoms with E-state index in [9.17, 15) is 4.79 Å². The Balaban J connectivity index is 1.52. The highest BCUT2D eigenvalue weighted by Crippen LogP contribution is 2.26. The van der Waals surface area contributed by atoms with Gasteiger partial charge < -0.3 is 10.1 Å². The van der Waals surface area contributed by atoms with E-state index >= 15 is 0 Å². The maximum absolute atomic E-state index is 12.6. The van der Waals surface area contributed by atoms with Crippen molar-refractivity contribution in [1.82, 2.24) is 0 Å². The highest BCUT2D eigenvalue weighted by molar-refractivity contribution is 5.97. The first-order chi connectivity index (χ1) is 12.7. The van der Waals surface area contributed by atoms with Gasteiger partial charge in [-0.2, -0.15) is 0 Å². The van der Waals surface area contributed by atoms with E-state index in [0.29, 0.717) is 5.75 Å². The van der Waals surface area contributed by atoms with Crippen molar-refractivity contribution >= 4 is 33.1 Å². The van der Waals surface area contributed by atoms with Crippen LogP contribution in [-0.2, 0) is 4.79 Å². The molecule has 1 amide bonds. The third kappa shape index (κ3) is 3.24. The lowest BCUT2D eigenvalue weighted by atomic mass is 10.1. The molecule has 1 N–H and O–H groups in total. The second kappa shape index (κ2) is 6.89. The minimum atomic E-state index is -0.604. The van der Waals surface area contributed by atoms with Crippen molar-refractivity contribution in [3.63, 3.8) is 0 Å². The molecule has 4 aromatic carbocycles. The molecule has 26 heavy (non-hydrogen) atoms. The van der Waals surface area contributed by atoms with E-state index in [4.69, 9.17) is 4.74 Å². The molecule has 0 aliphatic heterocycles. The van der Waals surface area contributed by atoms with Crippen LogP contribution in [0.5, 0.6) is 5.75 Å². The van der Waals surface area contributed by atoms with Crippen molar-refractivity contribution in [2.24, 2.45) is 0 Å². The lowest BCUT2D eigenvalue weighted by Crippen LogP contribution is -2.30. The number of nitrogens with one attached hydrogen (secondary N) is 1. The molecule has 0 aliphatic rings. The molecule has 0 unspecified atom stereocenters. The van der Waals surface area contributed by atoms with Crippen LogP contribution in [0, 0.1) is 0 Å². The normalized spacial score (nSPS) is 12.0. The van der Waals surface area contributed by atoms with Gasteiger partial charge in [0.15, 0.2) is 6.10 Å². The Hall–Kier alpha value is -3.33. The van der Waals surface area contributed by atoms with Crippen molar-refractivity contribution in [2.45, 2.75) is 13.0 Å². The van der Waals surface area contributed by atoms with Gasteiger partial charge in [0, 0.05) is 11.1 Å². The number of carbonyl (C=O) groups excluding carboxylic acids is 1. The number of hydrogen-bond acceptors (Lipinski definition) is 2. The molecular formula is C23H19NO2. The van der Waals surface area contributed by atoms with E-state index in [1.54, 1.807) is 6.92 Å². The topological polar surface area (TPSA) is 38.3 Å². The minimum Gasteiger partial charge on any atom is -0.480 e. The van der Waals surface area contributed by atoms with Crippen molar-refractivity contribution in [1.29, 1.82) is 0 Å². The first-order valence-corrected chi connectivity index (χ1v) is 8.65. The standard InChI is InChI=1S/C23H19NO2/c1-16(26-22-12-6-10-18-8-4-5-11-21(18)22)23(25)24-20-14-13-17-7-2-3-9-19(17)15-20/h2-16H,1H3,(H,24,25)/t16-/m1/s1. The number of anilines is 1. The molecule has 128 valence electrons. The van der Waals surface area contributed by atoms with Gasteiger partial charge in [-0.1, -0.05) is 66.7 Å². The van der Waals surface area contributed by atoms with E-state index in [-0.39, 0.29) is 5.91 Å². The number of rotatable bonds is 4. The number of fused-ring (bicyclic) bond motifs is 2. The van der Waals surface area contributed by atoms with Gasteiger partial charge >= 0.3 is 0 Å². The number of hydrogen-bond donors (Lipinski definition) is 1. The summed E-state index contributed by atoms with van der Waals surface area (Å²) in [5.74, 6) is 0.539. The third-order valence-electron chi connectivity index (χ3n) is 4.44. The van der Waals surface area contributed by atoms with Crippen molar-refractivity contribution in [3.8, 4) is 5.75 Å². The highest BCUT2D eigenvalue weighted by Gasteiger charge is 2.16. The van der Waals surface area contributed by atoms with Gasteiger partial charge in [-0.15, -0.1) is 0 Å². The SMILES string of the molecule is C[C@@H](Oc1cccc2ccccc12)C(=O)Nc1ccc2ccccc2c1. The Morgan fingerprint density at radius 3 is 2.35 bits per heavy atom. The lowest BCUT2D eigenvalue weighted by molar-refractivity contribution is -0.122. The maximum atomic E-state index is 12.6. The van der Waals surface area contributed by atoms with Gasteiger partial charge in [0.1, 0.15) is 5.75 Å². The van der Waals surface area contributed by atoms with E-state index in [0.717, 1.165) is 27.2 Å². The molecule has 0 spiro atoms. The maximum Gasteiger partial charge on any atom is 0.265 e. The van der Waals surface area contributed by atoms with Crippen LogP contribution in [0.15, 0.2) is 84.9 Å². The zero-order valence-corrected chi connectivity index (χ0v) is 14.5. The van der Waals surface area contributed by atoms with Gasteiger partial charge in [0.05, 0.1) is 0 Å². The molecule has 0 radical (unpaired) electrons. The molecule has 0 saturated heterocycles. The second-order valence-corrected chi connectivity index (χ2v) is 6.29. The smallest absolute Gasteiger partial charge is 0.265 e. The average molecular weight is 341 g/mol. The Morgan fingerprint density at radius 1 is 0.808 bits per heavy atom. The number of ether oxygens (including phenoxy) is 1.